The summed E-state index contributed by atoms with van der Waals surface area (Å²) in [5.74, 6) is 0.152. The van der Waals surface area contributed by atoms with Crippen molar-refractivity contribution in [2.24, 2.45) is 0 Å². The molecular formula is C17H26N3O2+. The van der Waals surface area contributed by atoms with E-state index in [0.717, 1.165) is 45.6 Å². The van der Waals surface area contributed by atoms with E-state index < -0.39 is 0 Å². The van der Waals surface area contributed by atoms with E-state index in [1.807, 2.05) is 6.07 Å². The first-order valence-corrected chi connectivity index (χ1v) is 8.33. The van der Waals surface area contributed by atoms with Gasteiger partial charge in [0.1, 0.15) is 0 Å². The molecule has 1 amide bonds. The predicted molar refractivity (Wildman–Crippen MR) is 86.2 cm³/mol. The van der Waals surface area contributed by atoms with Gasteiger partial charge in [-0.05, 0) is 25.0 Å². The summed E-state index contributed by atoms with van der Waals surface area (Å²) in [7, 11) is 0. The maximum atomic E-state index is 12.0. The van der Waals surface area contributed by atoms with Crippen molar-refractivity contribution in [3.63, 3.8) is 0 Å². The van der Waals surface area contributed by atoms with E-state index in [4.69, 9.17) is 4.74 Å². The monoisotopic (exact) mass is 304 g/mol. The lowest BCUT2D eigenvalue weighted by molar-refractivity contribution is -0.892. The van der Waals surface area contributed by atoms with Crippen LogP contribution in [0.25, 0.3) is 0 Å². The predicted octanol–water partition coefficient (Wildman–Crippen LogP) is -0.313. The topological polar surface area (TPSA) is 46.0 Å². The van der Waals surface area contributed by atoms with Gasteiger partial charge in [0.15, 0.2) is 6.54 Å². The number of rotatable bonds is 5. The molecule has 120 valence electrons. The van der Waals surface area contributed by atoms with Crippen molar-refractivity contribution in [3.05, 3.63) is 30.3 Å². The fourth-order valence-corrected chi connectivity index (χ4v) is 3.22. The summed E-state index contributed by atoms with van der Waals surface area (Å²) in [6.07, 6.45) is 2.42. The summed E-state index contributed by atoms with van der Waals surface area (Å²) < 4.78 is 5.53. The Morgan fingerprint density at radius 3 is 2.73 bits per heavy atom. The van der Waals surface area contributed by atoms with Crippen LogP contribution in [0.2, 0.25) is 0 Å². The Hall–Kier alpha value is -1.59. The van der Waals surface area contributed by atoms with Gasteiger partial charge in [0, 0.05) is 18.8 Å². The van der Waals surface area contributed by atoms with Gasteiger partial charge in [-0.25, -0.2) is 0 Å². The molecule has 2 heterocycles. The number of nitrogens with one attached hydrogen (secondary N) is 2. The molecule has 1 atom stereocenters. The number of carbonyl (C=O) groups excluding carboxylic acids is 1. The number of piperazine rings is 1. The van der Waals surface area contributed by atoms with Crippen molar-refractivity contribution in [1.29, 1.82) is 0 Å². The minimum atomic E-state index is 0.152. The van der Waals surface area contributed by atoms with Crippen LogP contribution in [-0.2, 0) is 9.53 Å². The van der Waals surface area contributed by atoms with Crippen LogP contribution in [0.4, 0.5) is 5.69 Å². The van der Waals surface area contributed by atoms with E-state index in [1.165, 1.54) is 10.6 Å². The molecule has 0 saturated carbocycles. The highest BCUT2D eigenvalue weighted by Gasteiger charge is 2.23. The van der Waals surface area contributed by atoms with E-state index in [0.29, 0.717) is 13.1 Å². The fraction of sp³-hybridized carbons (Fsp3) is 0.588. The average Bonchev–Trinajstić information content (AvgIpc) is 3.08. The van der Waals surface area contributed by atoms with Crippen LogP contribution in [-0.4, -0.2) is 57.9 Å². The number of para-hydroxylation sites is 1. The van der Waals surface area contributed by atoms with Crippen LogP contribution in [0.1, 0.15) is 12.8 Å². The molecule has 5 nitrogen and oxygen atoms in total. The smallest absolute Gasteiger partial charge is 0.275 e. The molecular weight excluding hydrogens is 278 g/mol. The van der Waals surface area contributed by atoms with Crippen LogP contribution < -0.4 is 15.1 Å². The molecule has 0 bridgehead atoms. The number of benzene rings is 1. The summed E-state index contributed by atoms with van der Waals surface area (Å²) in [6.45, 7) is 6.14. The largest absolute Gasteiger partial charge is 0.376 e. The molecule has 0 spiro atoms. The number of amides is 1. The van der Waals surface area contributed by atoms with Gasteiger partial charge in [0.05, 0.1) is 32.3 Å². The van der Waals surface area contributed by atoms with E-state index >= 15 is 0 Å². The highest BCUT2D eigenvalue weighted by Crippen LogP contribution is 2.12. The quantitative estimate of drug-likeness (QED) is 0.784. The number of nitrogens with zero attached hydrogens (tertiary/aromatic N) is 1. The van der Waals surface area contributed by atoms with Gasteiger partial charge in [-0.2, -0.15) is 0 Å². The number of hydrogen-bond donors (Lipinski definition) is 2. The summed E-state index contributed by atoms with van der Waals surface area (Å²) in [5.41, 5.74) is 1.28. The average molecular weight is 304 g/mol. The van der Waals surface area contributed by atoms with Crippen molar-refractivity contribution in [2.45, 2.75) is 18.9 Å². The molecule has 2 aliphatic rings. The first-order chi connectivity index (χ1) is 10.8. The molecule has 2 fully saturated rings. The Labute approximate surface area is 132 Å². The lowest BCUT2D eigenvalue weighted by atomic mass is 10.2. The summed E-state index contributed by atoms with van der Waals surface area (Å²) in [6, 6.07) is 10.5. The second kappa shape index (κ2) is 7.61. The Kier molecular flexibility index (Phi) is 5.29. The molecule has 2 N–H and O–H groups in total. The lowest BCUT2D eigenvalue weighted by Crippen LogP contribution is -3.16. The standard InChI is InChI=1S/C17H25N3O2/c21-17(18-13-16-7-4-12-22-16)14-19-8-10-20(11-9-19)15-5-2-1-3-6-15/h1-3,5-6,16H,4,7-14H2,(H,18,21)/p+1/t16-/m1/s1. The molecule has 22 heavy (non-hydrogen) atoms. The molecule has 1 aromatic rings. The van der Waals surface area contributed by atoms with Gasteiger partial charge in [-0.15, -0.1) is 0 Å². The Balaban J connectivity index is 1.37. The number of hydrogen-bond acceptors (Lipinski definition) is 3. The highest BCUT2D eigenvalue weighted by molar-refractivity contribution is 5.76. The van der Waals surface area contributed by atoms with Gasteiger partial charge in [0.25, 0.3) is 5.91 Å². The first kappa shape index (κ1) is 15.3. The summed E-state index contributed by atoms with van der Waals surface area (Å²) in [4.78, 5) is 15.8. The van der Waals surface area contributed by atoms with Crippen LogP contribution in [0.15, 0.2) is 30.3 Å². The molecule has 5 heteroatoms. The second-order valence-corrected chi connectivity index (χ2v) is 6.19. The van der Waals surface area contributed by atoms with Gasteiger partial charge >= 0.3 is 0 Å². The minimum Gasteiger partial charge on any atom is -0.376 e. The van der Waals surface area contributed by atoms with Crippen molar-refractivity contribution in [2.75, 3.05) is 50.8 Å². The summed E-state index contributed by atoms with van der Waals surface area (Å²) in [5, 5.41) is 3.02. The van der Waals surface area contributed by atoms with Crippen LogP contribution >= 0.6 is 0 Å². The zero-order chi connectivity index (χ0) is 15.2. The van der Waals surface area contributed by atoms with E-state index in [-0.39, 0.29) is 12.0 Å². The number of anilines is 1. The van der Waals surface area contributed by atoms with E-state index in [1.54, 1.807) is 0 Å². The van der Waals surface area contributed by atoms with Gasteiger partial charge in [0.2, 0.25) is 0 Å². The summed E-state index contributed by atoms with van der Waals surface area (Å²) >= 11 is 0. The molecule has 0 unspecified atom stereocenters. The van der Waals surface area contributed by atoms with Crippen molar-refractivity contribution in [3.8, 4) is 0 Å². The third-order valence-electron chi connectivity index (χ3n) is 4.55. The van der Waals surface area contributed by atoms with Crippen molar-refractivity contribution in [1.82, 2.24) is 5.32 Å². The highest BCUT2D eigenvalue weighted by atomic mass is 16.5. The zero-order valence-electron chi connectivity index (χ0n) is 13.1. The van der Waals surface area contributed by atoms with Crippen molar-refractivity contribution < 1.29 is 14.4 Å². The fourth-order valence-electron chi connectivity index (χ4n) is 3.22. The molecule has 2 aliphatic heterocycles. The van der Waals surface area contributed by atoms with E-state index in [9.17, 15) is 4.79 Å². The molecule has 0 aromatic heterocycles. The SMILES string of the molecule is O=C(C[NH+]1CCN(c2ccccc2)CC1)NC[C@H]1CCCO1. The van der Waals surface area contributed by atoms with Gasteiger partial charge in [-0.3, -0.25) is 4.79 Å². The molecule has 1 aromatic carbocycles. The first-order valence-electron chi connectivity index (χ1n) is 8.33. The minimum absolute atomic E-state index is 0.152. The molecule has 0 aliphatic carbocycles. The van der Waals surface area contributed by atoms with E-state index in [2.05, 4.69) is 34.5 Å². The van der Waals surface area contributed by atoms with Crippen molar-refractivity contribution >= 4 is 11.6 Å². The normalized spacial score (nSPS) is 22.7. The Morgan fingerprint density at radius 1 is 1.27 bits per heavy atom. The van der Waals surface area contributed by atoms with Crippen LogP contribution in [0, 0.1) is 0 Å². The molecule has 0 radical (unpaired) electrons. The maximum absolute atomic E-state index is 12.0. The third-order valence-corrected chi connectivity index (χ3v) is 4.55. The van der Waals surface area contributed by atoms with Gasteiger partial charge < -0.3 is 19.9 Å². The number of carbonyl (C=O) groups is 1. The Morgan fingerprint density at radius 2 is 2.05 bits per heavy atom. The maximum Gasteiger partial charge on any atom is 0.275 e. The zero-order valence-corrected chi connectivity index (χ0v) is 13.1. The number of quaternary nitrogens is 1. The molecule has 3 rings (SSSR count). The van der Waals surface area contributed by atoms with Gasteiger partial charge in [-0.1, -0.05) is 18.2 Å². The van der Waals surface area contributed by atoms with Crippen LogP contribution in [0.5, 0.6) is 0 Å². The van der Waals surface area contributed by atoms with Crippen LogP contribution in [0.3, 0.4) is 0 Å². The second-order valence-electron chi connectivity index (χ2n) is 6.19. The lowest BCUT2D eigenvalue weighted by Gasteiger charge is -2.33. The number of ether oxygens (including phenoxy) is 1. The Bertz CT molecular complexity index is 466. The molecule has 2 saturated heterocycles. The third kappa shape index (κ3) is 4.21.